The number of hydrogen-bond acceptors (Lipinski definition) is 6. The first kappa shape index (κ1) is 26.4. The lowest BCUT2D eigenvalue weighted by Crippen LogP contribution is -2.65. The smallest absolute Gasteiger partial charge is 0.416 e. The quantitative estimate of drug-likeness (QED) is 0.451. The number of carbonyl (C=O) groups excluding carboxylic acids is 2. The molecule has 1 heterocycles. The Labute approximate surface area is 200 Å². The highest BCUT2D eigenvalue weighted by Gasteiger charge is 2.45. The van der Waals surface area contributed by atoms with Crippen LogP contribution in [0, 0.1) is 0 Å². The third-order valence-corrected chi connectivity index (χ3v) is 7.65. The van der Waals surface area contributed by atoms with Crippen molar-refractivity contribution < 1.29 is 41.1 Å². The SMILES string of the molecule is CC(=O)N1CCN(S(=O)(=O)c2ccc(OCc3ccccc3C(F)(F)F)cc2)[C@@H](C(=O)NO)[C@@H]1C. The van der Waals surface area contributed by atoms with Gasteiger partial charge in [0.1, 0.15) is 18.4 Å². The van der Waals surface area contributed by atoms with Crippen molar-refractivity contribution in [2.24, 2.45) is 0 Å². The Kier molecular flexibility index (Phi) is 7.72. The summed E-state index contributed by atoms with van der Waals surface area (Å²) in [5.41, 5.74) is 0.547. The van der Waals surface area contributed by atoms with Crippen LogP contribution >= 0.6 is 0 Å². The summed E-state index contributed by atoms with van der Waals surface area (Å²) in [6, 6.07) is 7.72. The summed E-state index contributed by atoms with van der Waals surface area (Å²) >= 11 is 0. The van der Waals surface area contributed by atoms with Crippen LogP contribution in [0.4, 0.5) is 13.2 Å². The predicted octanol–water partition coefficient (Wildman–Crippen LogP) is 2.40. The highest BCUT2D eigenvalue weighted by atomic mass is 32.2. The van der Waals surface area contributed by atoms with E-state index in [2.05, 4.69) is 0 Å². The zero-order chi connectivity index (χ0) is 26.0. The molecule has 1 saturated heterocycles. The van der Waals surface area contributed by atoms with Crippen molar-refractivity contribution in [3.8, 4) is 5.75 Å². The van der Waals surface area contributed by atoms with E-state index in [4.69, 9.17) is 9.94 Å². The van der Waals surface area contributed by atoms with Gasteiger partial charge in [-0.05, 0) is 37.3 Å². The molecular weight excluding hydrogens is 491 g/mol. The number of alkyl halides is 3. The standard InChI is InChI=1S/C22H24F3N3O6S/c1-14-20(21(30)26-31)28(12-11-27(14)15(2)29)35(32,33)18-9-7-17(8-10-18)34-13-16-5-3-4-6-19(16)22(23,24)25/h3-10,14,20,31H,11-13H2,1-2H3,(H,26,30)/t14-,20+/m0/s1. The second-order valence-corrected chi connectivity index (χ2v) is 9.80. The van der Waals surface area contributed by atoms with Gasteiger partial charge in [0.05, 0.1) is 16.5 Å². The second-order valence-electron chi connectivity index (χ2n) is 7.90. The summed E-state index contributed by atoms with van der Waals surface area (Å²) in [6.45, 7) is 2.27. The van der Waals surface area contributed by atoms with Crippen molar-refractivity contribution in [3.05, 3.63) is 59.7 Å². The molecule has 3 rings (SSSR count). The Hall–Kier alpha value is -3.16. The van der Waals surface area contributed by atoms with Gasteiger partial charge in [0, 0.05) is 25.6 Å². The lowest BCUT2D eigenvalue weighted by molar-refractivity contribution is -0.142. The van der Waals surface area contributed by atoms with E-state index in [1.807, 2.05) is 0 Å². The van der Waals surface area contributed by atoms with Crippen molar-refractivity contribution in [1.29, 1.82) is 0 Å². The van der Waals surface area contributed by atoms with E-state index < -0.39 is 39.8 Å². The van der Waals surface area contributed by atoms with Gasteiger partial charge < -0.3 is 9.64 Å². The minimum Gasteiger partial charge on any atom is -0.489 e. The number of sulfonamides is 1. The van der Waals surface area contributed by atoms with E-state index in [9.17, 15) is 31.2 Å². The van der Waals surface area contributed by atoms with Crippen LogP contribution in [-0.2, 0) is 32.4 Å². The number of halogens is 3. The highest BCUT2D eigenvalue weighted by Crippen LogP contribution is 2.32. The number of nitrogens with zero attached hydrogens (tertiary/aromatic N) is 2. The molecule has 0 radical (unpaired) electrons. The molecule has 9 nitrogen and oxygen atoms in total. The summed E-state index contributed by atoms with van der Waals surface area (Å²) in [7, 11) is -4.24. The van der Waals surface area contributed by atoms with Crippen LogP contribution in [0.2, 0.25) is 0 Å². The minimum atomic E-state index is -4.54. The van der Waals surface area contributed by atoms with E-state index in [-0.39, 0.29) is 41.8 Å². The van der Waals surface area contributed by atoms with Gasteiger partial charge in [0.25, 0.3) is 5.91 Å². The monoisotopic (exact) mass is 515 g/mol. The highest BCUT2D eigenvalue weighted by molar-refractivity contribution is 7.89. The van der Waals surface area contributed by atoms with Crippen molar-refractivity contribution in [2.45, 2.75) is 43.6 Å². The second kappa shape index (κ2) is 10.2. The third-order valence-electron chi connectivity index (χ3n) is 5.75. The maximum atomic E-state index is 13.3. The summed E-state index contributed by atoms with van der Waals surface area (Å²) in [5.74, 6) is -1.20. The molecule has 2 aromatic rings. The molecule has 0 spiro atoms. The lowest BCUT2D eigenvalue weighted by Gasteiger charge is -2.43. The van der Waals surface area contributed by atoms with Crippen LogP contribution in [-0.4, -0.2) is 59.8 Å². The van der Waals surface area contributed by atoms with Gasteiger partial charge in [0.2, 0.25) is 15.9 Å². The Morgan fingerprint density at radius 1 is 1.11 bits per heavy atom. The molecule has 13 heteroatoms. The van der Waals surface area contributed by atoms with Crippen LogP contribution in [0.1, 0.15) is 25.0 Å². The molecule has 35 heavy (non-hydrogen) atoms. The average Bonchev–Trinajstić information content (AvgIpc) is 2.81. The first-order valence-corrected chi connectivity index (χ1v) is 11.9. The van der Waals surface area contributed by atoms with Crippen molar-refractivity contribution in [1.82, 2.24) is 14.7 Å². The summed E-state index contributed by atoms with van der Waals surface area (Å²) in [5, 5.41) is 9.13. The van der Waals surface area contributed by atoms with E-state index in [1.54, 1.807) is 0 Å². The molecule has 1 fully saturated rings. The maximum Gasteiger partial charge on any atom is 0.416 e. The van der Waals surface area contributed by atoms with Gasteiger partial charge in [0.15, 0.2) is 0 Å². The third kappa shape index (κ3) is 5.57. The number of amides is 2. The fourth-order valence-electron chi connectivity index (χ4n) is 4.02. The molecule has 2 atom stereocenters. The van der Waals surface area contributed by atoms with Crippen LogP contribution < -0.4 is 10.2 Å². The number of hydroxylamine groups is 1. The summed E-state index contributed by atoms with van der Waals surface area (Å²) < 4.78 is 72.3. The largest absolute Gasteiger partial charge is 0.489 e. The fraction of sp³-hybridized carbons (Fsp3) is 0.364. The Morgan fingerprint density at radius 2 is 1.74 bits per heavy atom. The average molecular weight is 516 g/mol. The zero-order valence-corrected chi connectivity index (χ0v) is 19.6. The van der Waals surface area contributed by atoms with Gasteiger partial charge in [-0.2, -0.15) is 17.5 Å². The molecule has 2 aromatic carbocycles. The molecule has 0 unspecified atom stereocenters. The number of carbonyl (C=O) groups is 2. The number of benzene rings is 2. The van der Waals surface area contributed by atoms with Gasteiger partial charge in [-0.25, -0.2) is 13.9 Å². The predicted molar refractivity (Wildman–Crippen MR) is 117 cm³/mol. The topological polar surface area (TPSA) is 116 Å². The number of rotatable bonds is 6. The van der Waals surface area contributed by atoms with E-state index in [0.717, 1.165) is 10.4 Å². The van der Waals surface area contributed by atoms with Gasteiger partial charge >= 0.3 is 6.18 Å². The Bertz CT molecular complexity index is 1190. The van der Waals surface area contributed by atoms with Crippen molar-refractivity contribution >= 4 is 21.8 Å². The molecule has 2 N–H and O–H groups in total. The van der Waals surface area contributed by atoms with Gasteiger partial charge in [-0.1, -0.05) is 18.2 Å². The Balaban J connectivity index is 1.81. The number of nitrogens with one attached hydrogen (secondary N) is 1. The molecule has 1 aliphatic rings. The molecule has 1 aliphatic heterocycles. The zero-order valence-electron chi connectivity index (χ0n) is 18.8. The number of hydrogen-bond donors (Lipinski definition) is 2. The fourth-order valence-corrected chi connectivity index (χ4v) is 5.66. The molecule has 190 valence electrons. The maximum absolute atomic E-state index is 13.3. The molecule has 0 aliphatic carbocycles. The van der Waals surface area contributed by atoms with Crippen LogP contribution in [0.15, 0.2) is 53.4 Å². The minimum absolute atomic E-state index is 0.0464. The first-order chi connectivity index (χ1) is 16.4. The van der Waals surface area contributed by atoms with Crippen LogP contribution in [0.25, 0.3) is 0 Å². The van der Waals surface area contributed by atoms with Gasteiger partial charge in [-0.15, -0.1) is 0 Å². The number of ether oxygens (including phenoxy) is 1. The molecule has 0 aromatic heterocycles. The normalized spacial score (nSPS) is 19.3. The first-order valence-electron chi connectivity index (χ1n) is 10.5. The van der Waals surface area contributed by atoms with E-state index >= 15 is 0 Å². The van der Waals surface area contributed by atoms with Crippen molar-refractivity contribution in [3.63, 3.8) is 0 Å². The number of piperazine rings is 1. The van der Waals surface area contributed by atoms with Crippen LogP contribution in [0.3, 0.4) is 0 Å². The van der Waals surface area contributed by atoms with Crippen LogP contribution in [0.5, 0.6) is 5.75 Å². The van der Waals surface area contributed by atoms with E-state index in [1.165, 1.54) is 66.7 Å². The summed E-state index contributed by atoms with van der Waals surface area (Å²) in [6.07, 6.45) is -4.54. The summed E-state index contributed by atoms with van der Waals surface area (Å²) in [4.78, 5) is 25.3. The molecular formula is C22H24F3N3O6S. The lowest BCUT2D eigenvalue weighted by atomic mass is 10.0. The Morgan fingerprint density at radius 3 is 2.31 bits per heavy atom. The van der Waals surface area contributed by atoms with Crippen molar-refractivity contribution in [2.75, 3.05) is 13.1 Å². The van der Waals surface area contributed by atoms with Gasteiger partial charge in [-0.3, -0.25) is 14.8 Å². The molecule has 0 bridgehead atoms. The molecule has 0 saturated carbocycles. The molecule has 2 amide bonds. The van der Waals surface area contributed by atoms with E-state index in [0.29, 0.717) is 0 Å².